The second-order valence-electron chi connectivity index (χ2n) is 7.13. The molecule has 3 heteroatoms. The molecular weight excluding hydrogens is 310 g/mol. The second kappa shape index (κ2) is 14.8. The Hall–Kier alpha value is -1.51. The van der Waals surface area contributed by atoms with Gasteiger partial charge in [-0.3, -0.25) is 0 Å². The first-order chi connectivity index (χ1) is 12.3. The molecule has 0 bridgehead atoms. The maximum Gasteiger partial charge on any atom is 0.124 e. The average molecular weight is 348 g/mol. The van der Waals surface area contributed by atoms with Gasteiger partial charge in [-0.2, -0.15) is 0 Å². The van der Waals surface area contributed by atoms with E-state index in [0.29, 0.717) is 5.56 Å². The molecule has 0 aliphatic heterocycles. The molecule has 0 aromatic heterocycles. The van der Waals surface area contributed by atoms with Crippen molar-refractivity contribution in [1.29, 1.82) is 0 Å². The second-order valence-corrected chi connectivity index (χ2v) is 7.13. The third kappa shape index (κ3) is 10.9. The summed E-state index contributed by atoms with van der Waals surface area (Å²) in [6.07, 6.45) is 20.0. The van der Waals surface area contributed by atoms with Gasteiger partial charge in [-0.05, 0) is 30.5 Å². The van der Waals surface area contributed by atoms with Gasteiger partial charge in [0.05, 0.1) is 6.21 Å². The zero-order chi connectivity index (χ0) is 18.2. The van der Waals surface area contributed by atoms with Crippen LogP contribution in [0.5, 0.6) is 5.75 Å². The van der Waals surface area contributed by atoms with E-state index in [2.05, 4.69) is 12.1 Å². The zero-order valence-corrected chi connectivity index (χ0v) is 16.1. The SMILES string of the molecule is CCCCCCCCCCCCCCCc1ccc(/C=N/O)c(O)c1. The minimum absolute atomic E-state index is 0.185. The van der Waals surface area contributed by atoms with E-state index in [1.54, 1.807) is 12.1 Å². The molecule has 25 heavy (non-hydrogen) atoms. The van der Waals surface area contributed by atoms with Crippen LogP contribution in [-0.2, 0) is 6.42 Å². The smallest absolute Gasteiger partial charge is 0.124 e. The monoisotopic (exact) mass is 347 g/mol. The molecule has 0 radical (unpaired) electrons. The number of aryl methyl sites for hydroxylation is 1. The first kappa shape index (κ1) is 21.5. The van der Waals surface area contributed by atoms with Crippen LogP contribution in [0.15, 0.2) is 23.4 Å². The lowest BCUT2D eigenvalue weighted by Gasteiger charge is -2.05. The van der Waals surface area contributed by atoms with E-state index < -0.39 is 0 Å². The normalized spacial score (nSPS) is 11.4. The Morgan fingerprint density at radius 2 is 1.32 bits per heavy atom. The molecule has 3 nitrogen and oxygen atoms in total. The van der Waals surface area contributed by atoms with Crippen LogP contribution in [0.1, 0.15) is 102 Å². The van der Waals surface area contributed by atoms with Crippen LogP contribution >= 0.6 is 0 Å². The first-order valence-corrected chi connectivity index (χ1v) is 10.3. The highest BCUT2D eigenvalue weighted by Gasteiger charge is 2.01. The summed E-state index contributed by atoms with van der Waals surface area (Å²) in [5, 5.41) is 21.3. The van der Waals surface area contributed by atoms with E-state index in [9.17, 15) is 5.11 Å². The lowest BCUT2D eigenvalue weighted by molar-refractivity contribution is 0.321. The van der Waals surface area contributed by atoms with Crippen LogP contribution in [-0.4, -0.2) is 16.5 Å². The van der Waals surface area contributed by atoms with Crippen molar-refractivity contribution in [3.05, 3.63) is 29.3 Å². The highest BCUT2D eigenvalue weighted by Crippen LogP contribution is 2.19. The summed E-state index contributed by atoms with van der Waals surface area (Å²) in [7, 11) is 0. The van der Waals surface area contributed by atoms with E-state index in [-0.39, 0.29) is 5.75 Å². The third-order valence-electron chi connectivity index (χ3n) is 4.86. The molecule has 0 aliphatic rings. The molecule has 0 heterocycles. The fourth-order valence-corrected chi connectivity index (χ4v) is 3.26. The molecule has 0 unspecified atom stereocenters. The molecule has 1 aromatic carbocycles. The molecule has 0 saturated carbocycles. The lowest BCUT2D eigenvalue weighted by Crippen LogP contribution is -1.89. The zero-order valence-electron chi connectivity index (χ0n) is 16.1. The molecule has 2 N–H and O–H groups in total. The van der Waals surface area contributed by atoms with Crippen LogP contribution in [0, 0.1) is 0 Å². The van der Waals surface area contributed by atoms with Gasteiger partial charge in [0.2, 0.25) is 0 Å². The third-order valence-corrected chi connectivity index (χ3v) is 4.86. The van der Waals surface area contributed by atoms with Crippen molar-refractivity contribution in [1.82, 2.24) is 0 Å². The van der Waals surface area contributed by atoms with Crippen molar-refractivity contribution in [2.75, 3.05) is 0 Å². The van der Waals surface area contributed by atoms with Gasteiger partial charge >= 0.3 is 0 Å². The molecule has 0 amide bonds. The van der Waals surface area contributed by atoms with E-state index >= 15 is 0 Å². The number of unbranched alkanes of at least 4 members (excludes halogenated alkanes) is 12. The summed E-state index contributed by atoms with van der Waals surface area (Å²) in [5.41, 5.74) is 1.70. The molecular formula is C22H37NO2. The summed E-state index contributed by atoms with van der Waals surface area (Å²) in [6, 6.07) is 5.57. The fraction of sp³-hybridized carbons (Fsp3) is 0.682. The van der Waals surface area contributed by atoms with Crippen LogP contribution in [0.25, 0.3) is 0 Å². The Balaban J connectivity index is 1.94. The first-order valence-electron chi connectivity index (χ1n) is 10.3. The highest BCUT2D eigenvalue weighted by atomic mass is 16.4. The Kier molecular flexibility index (Phi) is 12.7. The molecule has 0 atom stereocenters. The van der Waals surface area contributed by atoms with Crippen LogP contribution in [0.2, 0.25) is 0 Å². The van der Waals surface area contributed by atoms with Crippen LogP contribution in [0.3, 0.4) is 0 Å². The minimum atomic E-state index is 0.185. The summed E-state index contributed by atoms with van der Waals surface area (Å²) < 4.78 is 0. The Bertz CT molecular complexity index is 471. The number of oxime groups is 1. The highest BCUT2D eigenvalue weighted by molar-refractivity contribution is 5.82. The maximum atomic E-state index is 9.82. The Morgan fingerprint density at radius 3 is 1.80 bits per heavy atom. The van der Waals surface area contributed by atoms with Crippen molar-refractivity contribution in [2.24, 2.45) is 5.16 Å². The number of hydrogen-bond donors (Lipinski definition) is 2. The summed E-state index contributed by atoms with van der Waals surface area (Å²) in [5.74, 6) is 0.185. The predicted molar refractivity (Wildman–Crippen MR) is 107 cm³/mol. The summed E-state index contributed by atoms with van der Waals surface area (Å²) in [6.45, 7) is 2.27. The van der Waals surface area contributed by atoms with Gasteiger partial charge in [-0.15, -0.1) is 0 Å². The molecule has 0 spiro atoms. The van der Waals surface area contributed by atoms with E-state index in [1.165, 1.54) is 89.7 Å². The van der Waals surface area contributed by atoms with Gasteiger partial charge in [0.1, 0.15) is 5.75 Å². The molecule has 142 valence electrons. The van der Waals surface area contributed by atoms with Crippen molar-refractivity contribution < 1.29 is 10.3 Å². The fourth-order valence-electron chi connectivity index (χ4n) is 3.26. The number of hydrogen-bond acceptors (Lipinski definition) is 3. The number of phenolic OH excluding ortho intramolecular Hbond substituents is 1. The summed E-state index contributed by atoms with van der Waals surface area (Å²) >= 11 is 0. The molecule has 0 fully saturated rings. The molecule has 0 aliphatic carbocycles. The van der Waals surface area contributed by atoms with Gasteiger partial charge in [-0.1, -0.05) is 95.2 Å². The Labute approximate surface area is 154 Å². The van der Waals surface area contributed by atoms with Gasteiger partial charge in [0.15, 0.2) is 0 Å². The number of rotatable bonds is 15. The topological polar surface area (TPSA) is 52.8 Å². The molecule has 1 aromatic rings. The lowest BCUT2D eigenvalue weighted by atomic mass is 10.0. The van der Waals surface area contributed by atoms with Crippen molar-refractivity contribution in [3.63, 3.8) is 0 Å². The van der Waals surface area contributed by atoms with E-state index in [1.807, 2.05) is 6.07 Å². The van der Waals surface area contributed by atoms with Gasteiger partial charge in [-0.25, -0.2) is 0 Å². The van der Waals surface area contributed by atoms with Gasteiger partial charge in [0, 0.05) is 5.56 Å². The van der Waals surface area contributed by atoms with Crippen LogP contribution in [0.4, 0.5) is 0 Å². The molecule has 0 saturated heterocycles. The van der Waals surface area contributed by atoms with E-state index in [0.717, 1.165) is 12.0 Å². The predicted octanol–water partition coefficient (Wildman–Crippen LogP) is 6.83. The quantitative estimate of drug-likeness (QED) is 0.158. The largest absolute Gasteiger partial charge is 0.507 e. The number of benzene rings is 1. The van der Waals surface area contributed by atoms with E-state index in [4.69, 9.17) is 5.21 Å². The van der Waals surface area contributed by atoms with Crippen molar-refractivity contribution >= 4 is 6.21 Å². The maximum absolute atomic E-state index is 9.82. The average Bonchev–Trinajstić information content (AvgIpc) is 2.61. The molecule has 1 rings (SSSR count). The number of nitrogens with zero attached hydrogens (tertiary/aromatic N) is 1. The van der Waals surface area contributed by atoms with Crippen molar-refractivity contribution in [2.45, 2.75) is 96.8 Å². The Morgan fingerprint density at radius 1 is 0.800 bits per heavy atom. The standard InChI is InChI=1S/C22H37NO2/c1-2-3-4-5-6-7-8-9-10-11-12-13-14-15-20-16-17-21(19-23-25)22(24)18-20/h16-19,24-25H,2-15H2,1H3/b23-19+. The van der Waals surface area contributed by atoms with Crippen molar-refractivity contribution in [3.8, 4) is 5.75 Å². The summed E-state index contributed by atoms with van der Waals surface area (Å²) in [4.78, 5) is 0. The van der Waals surface area contributed by atoms with Gasteiger partial charge in [0.25, 0.3) is 0 Å². The minimum Gasteiger partial charge on any atom is -0.507 e. The van der Waals surface area contributed by atoms with Gasteiger partial charge < -0.3 is 10.3 Å². The number of phenols is 1. The van der Waals surface area contributed by atoms with Crippen LogP contribution < -0.4 is 0 Å². The number of aromatic hydroxyl groups is 1.